The highest BCUT2D eigenvalue weighted by Crippen LogP contribution is 2.45. The molecule has 5 amide bonds. The number of aryl methyl sites for hydroxylation is 2. The molecule has 3 aromatic carbocycles. The summed E-state index contributed by atoms with van der Waals surface area (Å²) in [6, 6.07) is 11.8. The van der Waals surface area contributed by atoms with Gasteiger partial charge in [0.1, 0.15) is 55.8 Å². The average Bonchev–Trinajstić information content (AvgIpc) is 3.31. The molecule has 0 saturated heterocycles. The zero-order valence-electron chi connectivity index (χ0n) is 40.0. The van der Waals surface area contributed by atoms with Crippen LogP contribution in [-0.4, -0.2) is 125 Å². The van der Waals surface area contributed by atoms with Gasteiger partial charge in [-0.1, -0.05) is 51.1 Å². The number of aliphatic hydroxyl groups is 1. The van der Waals surface area contributed by atoms with Crippen molar-refractivity contribution in [3.8, 4) is 45.8 Å². The number of benzene rings is 3. The second kappa shape index (κ2) is 23.2. The van der Waals surface area contributed by atoms with Crippen molar-refractivity contribution < 1.29 is 43.7 Å². The second-order valence-electron chi connectivity index (χ2n) is 17.8. The normalized spacial score (nSPS) is 16.9. The number of nitrogens with two attached hydrogens (primary N) is 3. The van der Waals surface area contributed by atoms with Crippen LogP contribution in [0, 0.1) is 25.2 Å². The molecule has 368 valence electrons. The minimum Gasteiger partial charge on any atom is -0.504 e. The molecule has 12 N–H and O–H groups in total. The van der Waals surface area contributed by atoms with Crippen molar-refractivity contribution in [3.63, 3.8) is 0 Å². The fourth-order valence-corrected chi connectivity index (χ4v) is 7.79. The first-order valence-electron chi connectivity index (χ1n) is 22.6. The molecule has 4 bridgehead atoms. The van der Waals surface area contributed by atoms with Crippen molar-refractivity contribution >= 4 is 29.5 Å². The van der Waals surface area contributed by atoms with Gasteiger partial charge in [-0.05, 0) is 80.1 Å². The summed E-state index contributed by atoms with van der Waals surface area (Å²) in [5.41, 5.74) is 21.0. The SMILES string of the molecule is Cc1nc(-c2ccc(C(C)(C)C)cc2)nc(C)c1C(=O)NC(CCN)C(=O)N(C)[C@@H]1C(=O)N[C@@H](C)C(=O)N[C@H](C(=O)NCC#N)Cc2ccc(OCCN)c(c2)-c2cc1cc(OCC(O)CN)c2O. The van der Waals surface area contributed by atoms with E-state index in [1.165, 1.54) is 26.1 Å². The smallest absolute Gasteiger partial charge is 0.255 e. The predicted octanol–water partition coefficient (Wildman–Crippen LogP) is 1.30. The number of fused-ring (bicyclic) bond motifs is 5. The summed E-state index contributed by atoms with van der Waals surface area (Å²) in [4.78, 5) is 81.3. The zero-order chi connectivity index (χ0) is 50.7. The van der Waals surface area contributed by atoms with Crippen LogP contribution < -0.4 is 47.9 Å². The number of nitrogens with zero attached hydrogens (tertiary/aromatic N) is 4. The largest absolute Gasteiger partial charge is 0.504 e. The van der Waals surface area contributed by atoms with E-state index in [1.807, 2.05) is 30.3 Å². The van der Waals surface area contributed by atoms with Gasteiger partial charge < -0.3 is 63.1 Å². The minimum atomic E-state index is -1.61. The van der Waals surface area contributed by atoms with Gasteiger partial charge in [-0.2, -0.15) is 5.26 Å². The van der Waals surface area contributed by atoms with Crippen LogP contribution in [0.15, 0.2) is 54.6 Å². The summed E-state index contributed by atoms with van der Waals surface area (Å²) < 4.78 is 11.9. The third-order valence-electron chi connectivity index (χ3n) is 11.5. The predicted molar refractivity (Wildman–Crippen MR) is 257 cm³/mol. The van der Waals surface area contributed by atoms with Gasteiger partial charge in [0.25, 0.3) is 5.91 Å². The number of rotatable bonds is 16. The van der Waals surface area contributed by atoms with Crippen molar-refractivity contribution in [1.82, 2.24) is 36.1 Å². The number of phenolic OH excluding ortho intramolecular Hbond substituents is 1. The number of ether oxygens (including phenoxy) is 2. The van der Waals surface area contributed by atoms with E-state index in [9.17, 15) is 39.4 Å². The summed E-state index contributed by atoms with van der Waals surface area (Å²) in [5.74, 6) is -3.81. The number of carbonyl (C=O) groups excluding carboxylic acids is 5. The highest BCUT2D eigenvalue weighted by molar-refractivity contribution is 6.00. The zero-order valence-corrected chi connectivity index (χ0v) is 40.0. The Balaban J connectivity index is 1.62. The molecule has 1 aliphatic rings. The molecule has 0 saturated carbocycles. The number of phenols is 1. The number of nitrogens with one attached hydrogen (secondary N) is 4. The fraction of sp³-hybridized carbons (Fsp3) is 0.429. The topological polar surface area (TPSA) is 323 Å². The molecule has 5 rings (SSSR count). The Labute approximate surface area is 401 Å². The van der Waals surface area contributed by atoms with Crippen LogP contribution in [0.3, 0.4) is 0 Å². The third-order valence-corrected chi connectivity index (χ3v) is 11.5. The molecule has 2 unspecified atom stereocenters. The van der Waals surface area contributed by atoms with E-state index in [0.717, 1.165) is 16.0 Å². The second-order valence-corrected chi connectivity index (χ2v) is 17.8. The summed E-state index contributed by atoms with van der Waals surface area (Å²) in [6.07, 6.45) is -1.34. The Hall–Kier alpha value is -7.18. The van der Waals surface area contributed by atoms with Crippen LogP contribution in [0.1, 0.15) is 78.6 Å². The lowest BCUT2D eigenvalue weighted by atomic mass is 9.86. The minimum absolute atomic E-state index is 0.0447. The number of amides is 5. The maximum Gasteiger partial charge on any atom is 0.255 e. The number of carbonyl (C=O) groups is 5. The molecule has 69 heavy (non-hydrogen) atoms. The van der Waals surface area contributed by atoms with Gasteiger partial charge in [-0.25, -0.2) is 9.97 Å². The Bertz CT molecular complexity index is 2550. The standard InChI is InChI=1S/C49H63N11O9/c1-26-40(27(2)56-43(55-26)30-9-11-32(12-10-30)49(4,5)6)46(65)58-36(14-15-50)48(67)60(7)41-31-22-35(42(62)39(23-31)69-25-33(61)24-53)34-20-29(8-13-38(34)68-19-17-52)21-37(45(64)54-18-16-51)59-44(63)28(3)57-47(41)66/h8-13,20,22-23,28,33,36-37,41,61-62H,14-15,17-19,21,24-25,50,52-53H2,1-7H3,(H,54,64)(H,57,66)(H,58,65)(H,59,63)/t28-,33?,36?,37-,41-/m0/s1. The van der Waals surface area contributed by atoms with Crippen LogP contribution in [0.25, 0.3) is 22.5 Å². The van der Waals surface area contributed by atoms with E-state index >= 15 is 0 Å². The van der Waals surface area contributed by atoms with Gasteiger partial charge >= 0.3 is 0 Å². The van der Waals surface area contributed by atoms with Crippen LogP contribution in [0.2, 0.25) is 0 Å². The highest BCUT2D eigenvalue weighted by Gasteiger charge is 2.37. The average molecular weight is 950 g/mol. The molecule has 20 nitrogen and oxygen atoms in total. The van der Waals surface area contributed by atoms with Crippen LogP contribution >= 0.6 is 0 Å². The maximum atomic E-state index is 14.8. The molecule has 20 heteroatoms. The molecule has 0 radical (unpaired) electrons. The Morgan fingerprint density at radius 3 is 2.23 bits per heavy atom. The third kappa shape index (κ3) is 12.9. The number of nitriles is 1. The van der Waals surface area contributed by atoms with Crippen molar-refractivity contribution in [1.29, 1.82) is 5.26 Å². The summed E-state index contributed by atoms with van der Waals surface area (Å²) in [7, 11) is 1.33. The molecular formula is C49H63N11O9. The van der Waals surface area contributed by atoms with Crippen LogP contribution in [0.4, 0.5) is 0 Å². The number of likely N-dealkylation sites (N-methyl/N-ethyl adjacent to an activating group) is 1. The molecule has 5 atom stereocenters. The van der Waals surface area contributed by atoms with Crippen LogP contribution in [0.5, 0.6) is 17.2 Å². The number of aromatic nitrogens is 2. The van der Waals surface area contributed by atoms with E-state index in [1.54, 1.807) is 32.0 Å². The van der Waals surface area contributed by atoms with Gasteiger partial charge in [-0.15, -0.1) is 0 Å². The lowest BCUT2D eigenvalue weighted by Gasteiger charge is -2.33. The lowest BCUT2D eigenvalue weighted by molar-refractivity contribution is -0.141. The number of hydrogen-bond acceptors (Lipinski definition) is 15. The van der Waals surface area contributed by atoms with E-state index in [4.69, 9.17) is 26.7 Å². The van der Waals surface area contributed by atoms with Crippen molar-refractivity contribution in [2.75, 3.05) is 46.4 Å². The maximum absolute atomic E-state index is 14.8. The monoisotopic (exact) mass is 949 g/mol. The summed E-state index contributed by atoms with van der Waals surface area (Å²) in [5, 5.41) is 42.1. The summed E-state index contributed by atoms with van der Waals surface area (Å²) >= 11 is 0. The van der Waals surface area contributed by atoms with E-state index in [2.05, 4.69) is 52.0 Å². The Kier molecular flexibility index (Phi) is 17.8. The van der Waals surface area contributed by atoms with Gasteiger partial charge in [0.2, 0.25) is 23.6 Å². The van der Waals surface area contributed by atoms with Crippen LogP contribution in [-0.2, 0) is 31.0 Å². The van der Waals surface area contributed by atoms with E-state index < -0.39 is 65.6 Å². The molecule has 0 aliphatic carbocycles. The Morgan fingerprint density at radius 1 is 0.942 bits per heavy atom. The first-order valence-corrected chi connectivity index (χ1v) is 22.6. The van der Waals surface area contributed by atoms with E-state index in [-0.39, 0.29) is 91.4 Å². The van der Waals surface area contributed by atoms with Gasteiger partial charge in [-0.3, -0.25) is 24.0 Å². The molecular weight excluding hydrogens is 887 g/mol. The molecule has 2 heterocycles. The van der Waals surface area contributed by atoms with Gasteiger partial charge in [0.15, 0.2) is 17.3 Å². The van der Waals surface area contributed by atoms with E-state index in [0.29, 0.717) is 22.8 Å². The van der Waals surface area contributed by atoms with Crippen molar-refractivity contribution in [3.05, 3.63) is 88.2 Å². The van der Waals surface area contributed by atoms with Gasteiger partial charge in [0.05, 0.1) is 23.0 Å². The highest BCUT2D eigenvalue weighted by atomic mass is 16.5. The summed E-state index contributed by atoms with van der Waals surface area (Å²) in [6.45, 7) is 10.2. The molecule has 0 spiro atoms. The number of aromatic hydroxyl groups is 1. The molecule has 1 aromatic heterocycles. The lowest BCUT2D eigenvalue weighted by Crippen LogP contribution is -2.56. The first-order chi connectivity index (χ1) is 32.7. The first kappa shape index (κ1) is 52.8. The fourth-order valence-electron chi connectivity index (χ4n) is 7.79. The number of hydrogen-bond donors (Lipinski definition) is 9. The van der Waals surface area contributed by atoms with Crippen molar-refractivity contribution in [2.24, 2.45) is 17.2 Å². The molecule has 1 aliphatic heterocycles. The quantitative estimate of drug-likeness (QED) is 0.0715. The van der Waals surface area contributed by atoms with Crippen molar-refractivity contribution in [2.45, 2.75) is 90.1 Å². The van der Waals surface area contributed by atoms with Gasteiger partial charge in [0, 0.05) is 43.2 Å². The molecule has 0 fully saturated rings. The number of aliphatic hydroxyl groups excluding tert-OH is 1. The molecule has 4 aromatic rings. The Morgan fingerprint density at radius 2 is 1.62 bits per heavy atom.